The topological polar surface area (TPSA) is 85.0 Å². The van der Waals surface area contributed by atoms with Crippen molar-refractivity contribution in [1.29, 1.82) is 0 Å². The molecule has 0 radical (unpaired) electrons. The van der Waals surface area contributed by atoms with E-state index in [4.69, 9.17) is 4.74 Å². The number of hydrogen-bond acceptors (Lipinski definition) is 5. The Morgan fingerprint density at radius 3 is 2.90 bits per heavy atom. The second-order valence-electron chi connectivity index (χ2n) is 4.31. The third-order valence-electron chi connectivity index (χ3n) is 3.10. The average Bonchev–Trinajstić information content (AvgIpc) is 2.95. The lowest BCUT2D eigenvalue weighted by molar-refractivity contribution is -0.385. The fourth-order valence-corrected chi connectivity index (χ4v) is 2.04. The number of carbonyl (C=O) groups excluding carboxylic acids is 1. The number of carbonyl (C=O) groups is 1. The van der Waals surface area contributed by atoms with Crippen LogP contribution in [0.5, 0.6) is 5.75 Å². The molecule has 7 heteroatoms. The molecule has 1 aliphatic rings. The summed E-state index contributed by atoms with van der Waals surface area (Å²) < 4.78 is 5.09. The lowest BCUT2D eigenvalue weighted by atomic mass is 10.1. The summed E-state index contributed by atoms with van der Waals surface area (Å²) in [5, 5.41) is 16.6. The summed E-state index contributed by atoms with van der Waals surface area (Å²) in [5.41, 5.74) is 0.911. The molecule has 1 aromatic rings. The first kappa shape index (κ1) is 14.0. The van der Waals surface area contributed by atoms with Crippen LogP contribution in [0.3, 0.4) is 0 Å². The van der Waals surface area contributed by atoms with E-state index in [0.717, 1.165) is 0 Å². The summed E-state index contributed by atoms with van der Waals surface area (Å²) in [6, 6.07) is 4.50. The molecule has 0 saturated carbocycles. The van der Waals surface area contributed by atoms with Crippen LogP contribution < -0.4 is 4.74 Å². The van der Waals surface area contributed by atoms with Crippen molar-refractivity contribution in [2.45, 2.75) is 19.8 Å². The van der Waals surface area contributed by atoms with Gasteiger partial charge >= 0.3 is 0 Å². The molecule has 0 atom stereocenters. The van der Waals surface area contributed by atoms with Gasteiger partial charge in [0.25, 0.3) is 5.69 Å². The highest BCUT2D eigenvalue weighted by Crippen LogP contribution is 2.27. The molecule has 1 heterocycles. The maximum atomic E-state index is 11.6. The van der Waals surface area contributed by atoms with Gasteiger partial charge in [-0.1, -0.05) is 6.92 Å². The second kappa shape index (κ2) is 5.68. The molecular formula is C13H15N3O4. The first-order chi connectivity index (χ1) is 9.56. The fourth-order valence-electron chi connectivity index (χ4n) is 2.04. The number of nitro groups is 1. The predicted octanol–water partition coefficient (Wildman–Crippen LogP) is 1.95. The molecule has 0 saturated heterocycles. The molecule has 1 aromatic carbocycles. The zero-order valence-corrected chi connectivity index (χ0v) is 11.3. The van der Waals surface area contributed by atoms with Crippen molar-refractivity contribution in [3.05, 3.63) is 33.9 Å². The van der Waals surface area contributed by atoms with Gasteiger partial charge in [0.05, 0.1) is 29.9 Å². The van der Waals surface area contributed by atoms with Crippen LogP contribution in [0.2, 0.25) is 0 Å². The van der Waals surface area contributed by atoms with Crippen molar-refractivity contribution in [3.8, 4) is 5.75 Å². The van der Waals surface area contributed by atoms with Gasteiger partial charge in [0.1, 0.15) is 5.75 Å². The van der Waals surface area contributed by atoms with Crippen molar-refractivity contribution in [3.63, 3.8) is 0 Å². The van der Waals surface area contributed by atoms with E-state index in [1.165, 1.54) is 24.3 Å². The zero-order chi connectivity index (χ0) is 14.7. The van der Waals surface area contributed by atoms with Gasteiger partial charge in [-0.05, 0) is 12.1 Å². The van der Waals surface area contributed by atoms with E-state index < -0.39 is 4.92 Å². The Morgan fingerprint density at radius 1 is 1.55 bits per heavy atom. The Bertz CT molecular complexity index is 583. The Hall–Kier alpha value is -2.44. The smallest absolute Gasteiger partial charge is 0.278 e. The Morgan fingerprint density at radius 2 is 2.30 bits per heavy atom. The molecule has 0 N–H and O–H groups in total. The summed E-state index contributed by atoms with van der Waals surface area (Å²) in [5.74, 6) is 0.430. The Balaban J connectivity index is 2.41. The molecule has 2 rings (SSSR count). The predicted molar refractivity (Wildman–Crippen MR) is 72.8 cm³/mol. The molecule has 0 aromatic heterocycles. The first-order valence-electron chi connectivity index (χ1n) is 6.27. The quantitative estimate of drug-likeness (QED) is 0.622. The standard InChI is InChI=1S/C13H15N3O4/c1-3-13(17)15-7-6-11(14-15)10-8-9(20-2)4-5-12(10)16(18)19/h4-5,8H,3,6-7H2,1-2H3. The molecule has 0 spiro atoms. The summed E-state index contributed by atoms with van der Waals surface area (Å²) in [7, 11) is 1.49. The number of nitrogens with zero attached hydrogens (tertiary/aromatic N) is 3. The molecular weight excluding hydrogens is 262 g/mol. The van der Waals surface area contributed by atoms with Crippen LogP contribution in [0.4, 0.5) is 5.69 Å². The highest BCUT2D eigenvalue weighted by atomic mass is 16.6. The van der Waals surface area contributed by atoms with Gasteiger partial charge in [-0.3, -0.25) is 14.9 Å². The molecule has 0 fully saturated rings. The molecule has 20 heavy (non-hydrogen) atoms. The fraction of sp³-hybridized carbons (Fsp3) is 0.385. The van der Waals surface area contributed by atoms with Gasteiger partial charge in [-0.15, -0.1) is 0 Å². The van der Waals surface area contributed by atoms with Crippen molar-refractivity contribution in [2.75, 3.05) is 13.7 Å². The Kier molecular flexibility index (Phi) is 3.97. The van der Waals surface area contributed by atoms with Crippen LogP contribution in [0, 0.1) is 10.1 Å². The van der Waals surface area contributed by atoms with Crippen LogP contribution in [0.1, 0.15) is 25.3 Å². The van der Waals surface area contributed by atoms with E-state index in [0.29, 0.717) is 36.4 Å². The number of hydrogen-bond donors (Lipinski definition) is 0. The summed E-state index contributed by atoms with van der Waals surface area (Å²) in [4.78, 5) is 22.2. The van der Waals surface area contributed by atoms with Crippen LogP contribution >= 0.6 is 0 Å². The lowest BCUT2D eigenvalue weighted by Gasteiger charge is -2.08. The zero-order valence-electron chi connectivity index (χ0n) is 11.3. The number of methoxy groups -OCH3 is 1. The number of nitro benzene ring substituents is 1. The van der Waals surface area contributed by atoms with Gasteiger partial charge in [0.15, 0.2) is 0 Å². The SMILES string of the molecule is CCC(=O)N1CCC(c2cc(OC)ccc2[N+](=O)[O-])=N1. The normalized spacial score (nSPS) is 14.1. The number of benzene rings is 1. The largest absolute Gasteiger partial charge is 0.497 e. The van der Waals surface area contributed by atoms with E-state index in [1.807, 2.05) is 0 Å². The van der Waals surface area contributed by atoms with Crippen LogP contribution in [-0.2, 0) is 4.79 Å². The van der Waals surface area contributed by atoms with Gasteiger partial charge in [-0.25, -0.2) is 5.01 Å². The van der Waals surface area contributed by atoms with Gasteiger partial charge in [0, 0.05) is 18.9 Å². The van der Waals surface area contributed by atoms with E-state index in [9.17, 15) is 14.9 Å². The lowest BCUT2D eigenvalue weighted by Crippen LogP contribution is -2.21. The number of ether oxygens (including phenoxy) is 1. The van der Waals surface area contributed by atoms with Gasteiger partial charge in [0.2, 0.25) is 5.91 Å². The van der Waals surface area contributed by atoms with Crippen LogP contribution in [0.15, 0.2) is 23.3 Å². The molecule has 106 valence electrons. The molecule has 1 aliphatic heterocycles. The van der Waals surface area contributed by atoms with E-state index in [1.54, 1.807) is 13.0 Å². The highest BCUT2D eigenvalue weighted by molar-refractivity contribution is 6.05. The number of rotatable bonds is 4. The van der Waals surface area contributed by atoms with Crippen molar-refractivity contribution < 1.29 is 14.5 Å². The van der Waals surface area contributed by atoms with Gasteiger partial charge < -0.3 is 4.74 Å². The van der Waals surface area contributed by atoms with E-state index >= 15 is 0 Å². The molecule has 0 unspecified atom stereocenters. The minimum absolute atomic E-state index is 0.0321. The second-order valence-corrected chi connectivity index (χ2v) is 4.31. The van der Waals surface area contributed by atoms with Crippen LogP contribution in [0.25, 0.3) is 0 Å². The summed E-state index contributed by atoms with van der Waals surface area (Å²) >= 11 is 0. The number of hydrazone groups is 1. The van der Waals surface area contributed by atoms with Crippen molar-refractivity contribution in [1.82, 2.24) is 5.01 Å². The summed E-state index contributed by atoms with van der Waals surface area (Å²) in [6.07, 6.45) is 0.858. The van der Waals surface area contributed by atoms with Gasteiger partial charge in [-0.2, -0.15) is 5.10 Å². The highest BCUT2D eigenvalue weighted by Gasteiger charge is 2.26. The molecule has 1 amide bonds. The van der Waals surface area contributed by atoms with Crippen molar-refractivity contribution >= 4 is 17.3 Å². The molecule has 0 aliphatic carbocycles. The third-order valence-corrected chi connectivity index (χ3v) is 3.10. The first-order valence-corrected chi connectivity index (χ1v) is 6.27. The average molecular weight is 277 g/mol. The minimum atomic E-state index is -0.457. The van der Waals surface area contributed by atoms with Crippen molar-refractivity contribution in [2.24, 2.45) is 5.10 Å². The minimum Gasteiger partial charge on any atom is -0.497 e. The van der Waals surface area contributed by atoms with Crippen LogP contribution in [-0.4, -0.2) is 35.2 Å². The maximum Gasteiger partial charge on any atom is 0.278 e. The number of amides is 1. The Labute approximate surface area is 116 Å². The summed E-state index contributed by atoms with van der Waals surface area (Å²) in [6.45, 7) is 2.21. The van der Waals surface area contributed by atoms with E-state index in [2.05, 4.69) is 5.10 Å². The molecule has 0 bridgehead atoms. The monoisotopic (exact) mass is 277 g/mol. The van der Waals surface area contributed by atoms with E-state index in [-0.39, 0.29) is 11.6 Å². The third kappa shape index (κ3) is 2.61. The maximum absolute atomic E-state index is 11.6. The molecule has 7 nitrogen and oxygen atoms in total.